The minimum absolute atomic E-state index is 0.0289. The Morgan fingerprint density at radius 3 is 2.46 bits per heavy atom. The van der Waals surface area contributed by atoms with Gasteiger partial charge in [0.15, 0.2) is 0 Å². The maximum absolute atomic E-state index is 12.6. The number of nitrogens with one attached hydrogen (secondary N) is 1. The van der Waals surface area contributed by atoms with E-state index in [4.69, 9.17) is 5.11 Å². The first kappa shape index (κ1) is 18.2. The van der Waals surface area contributed by atoms with Crippen LogP contribution in [0.5, 0.6) is 0 Å². The molecule has 0 aromatic carbocycles. The molecule has 1 saturated heterocycles. The lowest BCUT2D eigenvalue weighted by Gasteiger charge is -2.36. The summed E-state index contributed by atoms with van der Waals surface area (Å²) in [7, 11) is 0. The number of nitrogens with zero attached hydrogens (tertiary/aromatic N) is 3. The fourth-order valence-electron chi connectivity index (χ4n) is 3.20. The molecule has 0 atom stereocenters. The van der Waals surface area contributed by atoms with Gasteiger partial charge in [-0.15, -0.1) is 0 Å². The van der Waals surface area contributed by atoms with E-state index < -0.39 is 11.5 Å². The molecule has 0 unspecified atom stereocenters. The summed E-state index contributed by atoms with van der Waals surface area (Å²) >= 11 is 0. The van der Waals surface area contributed by atoms with Gasteiger partial charge in [-0.05, 0) is 25.7 Å². The highest BCUT2D eigenvalue weighted by atomic mass is 16.4. The number of carboxylic acids is 1. The summed E-state index contributed by atoms with van der Waals surface area (Å²) in [5, 5.41) is 12.1. The molecule has 0 aliphatic carbocycles. The number of aromatic nitrogens is 2. The Balaban J connectivity index is 1.93. The number of aliphatic carboxylic acids is 1. The minimum atomic E-state index is -0.878. The Morgan fingerprint density at radius 1 is 1.29 bits per heavy atom. The highest BCUT2D eigenvalue weighted by Crippen LogP contribution is 2.25. The van der Waals surface area contributed by atoms with Gasteiger partial charge in [-0.1, -0.05) is 13.8 Å². The lowest BCUT2D eigenvalue weighted by atomic mass is 9.87. The van der Waals surface area contributed by atoms with Gasteiger partial charge in [0.2, 0.25) is 5.91 Å². The maximum Gasteiger partial charge on any atom is 0.305 e. The van der Waals surface area contributed by atoms with Crippen molar-refractivity contribution in [2.45, 2.75) is 51.5 Å². The Kier molecular flexibility index (Phi) is 6.11. The number of hydrogen-bond acceptors (Lipinski definition) is 5. The predicted molar refractivity (Wildman–Crippen MR) is 90.7 cm³/mol. The second-order valence-electron chi connectivity index (χ2n) is 6.37. The molecule has 7 nitrogen and oxygen atoms in total. The molecule has 0 bridgehead atoms. The van der Waals surface area contributed by atoms with Crippen LogP contribution in [0.15, 0.2) is 18.6 Å². The van der Waals surface area contributed by atoms with E-state index in [9.17, 15) is 9.59 Å². The average molecular weight is 334 g/mol. The van der Waals surface area contributed by atoms with Crippen LogP contribution in [0.4, 0.5) is 5.82 Å². The third kappa shape index (κ3) is 4.43. The summed E-state index contributed by atoms with van der Waals surface area (Å²) in [6, 6.07) is 0. The molecule has 24 heavy (non-hydrogen) atoms. The normalized spacial score (nSPS) is 16.0. The Bertz CT molecular complexity index is 552. The van der Waals surface area contributed by atoms with Crippen molar-refractivity contribution in [1.82, 2.24) is 15.3 Å². The van der Waals surface area contributed by atoms with Crippen molar-refractivity contribution in [3.05, 3.63) is 18.6 Å². The van der Waals surface area contributed by atoms with Gasteiger partial charge < -0.3 is 15.3 Å². The van der Waals surface area contributed by atoms with Crippen LogP contribution in [-0.2, 0) is 9.59 Å². The van der Waals surface area contributed by atoms with Gasteiger partial charge in [0, 0.05) is 36.9 Å². The number of carboxylic acid groups (broad SMARTS) is 1. The molecule has 2 rings (SSSR count). The average Bonchev–Trinajstić information content (AvgIpc) is 2.61. The van der Waals surface area contributed by atoms with Crippen molar-refractivity contribution in [3.8, 4) is 0 Å². The van der Waals surface area contributed by atoms with Crippen LogP contribution in [0.3, 0.4) is 0 Å². The maximum atomic E-state index is 12.6. The van der Waals surface area contributed by atoms with Crippen LogP contribution < -0.4 is 10.2 Å². The van der Waals surface area contributed by atoms with Crippen LogP contribution >= 0.6 is 0 Å². The number of piperidine rings is 1. The number of hydrogen-bond donors (Lipinski definition) is 2. The first-order chi connectivity index (χ1) is 11.5. The molecule has 2 N–H and O–H groups in total. The quantitative estimate of drug-likeness (QED) is 0.790. The van der Waals surface area contributed by atoms with Gasteiger partial charge in [0.1, 0.15) is 5.82 Å². The molecule has 0 radical (unpaired) electrons. The molecule has 1 aromatic heterocycles. The van der Waals surface area contributed by atoms with Crippen LogP contribution in [0.25, 0.3) is 0 Å². The molecule has 1 amide bonds. The predicted octanol–water partition coefficient (Wildman–Crippen LogP) is 1.84. The van der Waals surface area contributed by atoms with Gasteiger partial charge >= 0.3 is 5.97 Å². The zero-order chi connectivity index (χ0) is 17.6. The monoisotopic (exact) mass is 334 g/mol. The first-order valence-corrected chi connectivity index (χ1v) is 8.54. The van der Waals surface area contributed by atoms with E-state index in [1.807, 2.05) is 13.8 Å². The molecule has 2 heterocycles. The number of rotatable bonds is 7. The molecule has 132 valence electrons. The number of anilines is 1. The van der Waals surface area contributed by atoms with E-state index in [-0.39, 0.29) is 18.2 Å². The number of amides is 1. The molecular formula is C17H26N4O3. The van der Waals surface area contributed by atoms with E-state index in [1.165, 1.54) is 0 Å². The second kappa shape index (κ2) is 8.08. The molecule has 1 fully saturated rings. The Hall–Kier alpha value is -2.18. The van der Waals surface area contributed by atoms with Gasteiger partial charge in [-0.3, -0.25) is 14.6 Å². The SMILES string of the molecule is CCC(CC)(CC(=O)O)NC(=O)C1CCN(c2cnccn2)CC1. The van der Waals surface area contributed by atoms with Crippen LogP contribution in [-0.4, -0.2) is 45.6 Å². The molecule has 7 heteroatoms. The van der Waals surface area contributed by atoms with Crippen LogP contribution in [0, 0.1) is 5.92 Å². The minimum Gasteiger partial charge on any atom is -0.481 e. The van der Waals surface area contributed by atoms with Gasteiger partial charge in [0.25, 0.3) is 0 Å². The second-order valence-corrected chi connectivity index (χ2v) is 6.37. The summed E-state index contributed by atoms with van der Waals surface area (Å²) in [5.41, 5.74) is -0.648. The fourth-order valence-corrected chi connectivity index (χ4v) is 3.20. The molecular weight excluding hydrogens is 308 g/mol. The van der Waals surface area contributed by atoms with Crippen molar-refractivity contribution in [2.24, 2.45) is 5.92 Å². The summed E-state index contributed by atoms with van der Waals surface area (Å²) in [5.74, 6) is -0.155. The van der Waals surface area contributed by atoms with E-state index in [1.54, 1.807) is 18.6 Å². The summed E-state index contributed by atoms with van der Waals surface area (Å²) in [4.78, 5) is 34.2. The lowest BCUT2D eigenvalue weighted by molar-refractivity contribution is -0.139. The van der Waals surface area contributed by atoms with E-state index >= 15 is 0 Å². The third-order valence-corrected chi connectivity index (χ3v) is 4.97. The Labute approximate surface area is 142 Å². The summed E-state index contributed by atoms with van der Waals surface area (Å²) in [6.07, 6.45) is 7.69. The highest BCUT2D eigenvalue weighted by molar-refractivity contribution is 5.81. The summed E-state index contributed by atoms with van der Waals surface area (Å²) < 4.78 is 0. The van der Waals surface area contributed by atoms with Crippen molar-refractivity contribution in [1.29, 1.82) is 0 Å². The first-order valence-electron chi connectivity index (χ1n) is 8.54. The summed E-state index contributed by atoms with van der Waals surface area (Å²) in [6.45, 7) is 5.34. The fraction of sp³-hybridized carbons (Fsp3) is 0.647. The Morgan fingerprint density at radius 2 is 1.96 bits per heavy atom. The molecule has 0 saturated carbocycles. The van der Waals surface area contributed by atoms with Crippen molar-refractivity contribution in [3.63, 3.8) is 0 Å². The third-order valence-electron chi connectivity index (χ3n) is 4.97. The van der Waals surface area contributed by atoms with E-state index in [0.717, 1.165) is 31.7 Å². The van der Waals surface area contributed by atoms with Crippen LogP contribution in [0.1, 0.15) is 46.0 Å². The van der Waals surface area contributed by atoms with Crippen molar-refractivity contribution in [2.75, 3.05) is 18.0 Å². The molecule has 1 aromatic rings. The van der Waals surface area contributed by atoms with Crippen molar-refractivity contribution < 1.29 is 14.7 Å². The van der Waals surface area contributed by atoms with Gasteiger partial charge in [-0.2, -0.15) is 0 Å². The van der Waals surface area contributed by atoms with Crippen LogP contribution in [0.2, 0.25) is 0 Å². The lowest BCUT2D eigenvalue weighted by Crippen LogP contribution is -2.52. The standard InChI is InChI=1S/C17H26N4O3/c1-3-17(4-2,11-15(22)23)20-16(24)13-5-9-21(10-6-13)14-12-18-7-8-19-14/h7-8,12-13H,3-6,9-11H2,1-2H3,(H,20,24)(H,22,23). The molecule has 1 aliphatic rings. The van der Waals surface area contributed by atoms with Crippen molar-refractivity contribution >= 4 is 17.7 Å². The number of carbonyl (C=O) groups excluding carboxylic acids is 1. The zero-order valence-corrected chi connectivity index (χ0v) is 14.4. The van der Waals surface area contributed by atoms with E-state index in [0.29, 0.717) is 12.8 Å². The highest BCUT2D eigenvalue weighted by Gasteiger charge is 2.34. The smallest absolute Gasteiger partial charge is 0.305 e. The largest absolute Gasteiger partial charge is 0.481 e. The molecule has 0 spiro atoms. The topological polar surface area (TPSA) is 95.4 Å². The zero-order valence-electron chi connectivity index (χ0n) is 14.4. The van der Waals surface area contributed by atoms with E-state index in [2.05, 4.69) is 20.2 Å². The molecule has 1 aliphatic heterocycles. The van der Waals surface area contributed by atoms with Gasteiger partial charge in [-0.25, -0.2) is 4.98 Å². The number of carbonyl (C=O) groups is 2. The van der Waals surface area contributed by atoms with Gasteiger partial charge in [0.05, 0.1) is 12.6 Å².